The molecule has 0 aliphatic rings. The van der Waals surface area contributed by atoms with E-state index in [1.807, 2.05) is 6.07 Å². The molecule has 1 aromatic carbocycles. The van der Waals surface area contributed by atoms with E-state index in [1.54, 1.807) is 0 Å². The normalized spacial score (nSPS) is 8.11. The first kappa shape index (κ1) is 8.99. The standard InChI is InChI=1S/C8H10.Mg.2H/c1-2-8-6-4-3-5-7-8;;;/h3-7H,2H2,1H3;;;/q;+2;2*-1. The minimum atomic E-state index is 0. The van der Waals surface area contributed by atoms with Gasteiger partial charge in [0.1, 0.15) is 0 Å². The molecule has 1 rings (SSSR count). The summed E-state index contributed by atoms with van der Waals surface area (Å²) in [4.78, 5) is 0. The summed E-state index contributed by atoms with van der Waals surface area (Å²) in [5, 5.41) is 0. The minimum absolute atomic E-state index is 0. The van der Waals surface area contributed by atoms with E-state index < -0.39 is 0 Å². The summed E-state index contributed by atoms with van der Waals surface area (Å²) < 4.78 is 0. The van der Waals surface area contributed by atoms with Crippen LogP contribution in [0.25, 0.3) is 0 Å². The van der Waals surface area contributed by atoms with Gasteiger partial charge in [0.25, 0.3) is 0 Å². The van der Waals surface area contributed by atoms with Crippen molar-refractivity contribution < 1.29 is 2.85 Å². The van der Waals surface area contributed by atoms with Crippen molar-refractivity contribution in [3.63, 3.8) is 0 Å². The Hall–Kier alpha value is -0.0138. The fraction of sp³-hybridized carbons (Fsp3) is 0.250. The number of benzene rings is 1. The Morgan fingerprint density at radius 3 is 2.11 bits per heavy atom. The van der Waals surface area contributed by atoms with Crippen molar-refractivity contribution in [3.05, 3.63) is 35.9 Å². The van der Waals surface area contributed by atoms with Crippen LogP contribution in [0.2, 0.25) is 0 Å². The summed E-state index contributed by atoms with van der Waals surface area (Å²) in [6.45, 7) is 2.16. The molecule has 0 N–H and O–H groups in total. The van der Waals surface area contributed by atoms with E-state index in [1.165, 1.54) is 5.56 Å². The molecule has 0 aliphatic heterocycles. The maximum absolute atomic E-state index is 2.16. The maximum Gasteiger partial charge on any atom is 2.00 e. The van der Waals surface area contributed by atoms with Gasteiger partial charge >= 0.3 is 23.1 Å². The number of aryl methyl sites for hydroxylation is 1. The third-order valence-electron chi connectivity index (χ3n) is 1.25. The van der Waals surface area contributed by atoms with Gasteiger partial charge in [-0.15, -0.1) is 0 Å². The first-order valence-corrected chi connectivity index (χ1v) is 2.97. The Kier molecular flexibility index (Phi) is 4.82. The van der Waals surface area contributed by atoms with Crippen LogP contribution in [0.3, 0.4) is 0 Å². The largest absolute Gasteiger partial charge is 2.00 e. The molecule has 46 valence electrons. The summed E-state index contributed by atoms with van der Waals surface area (Å²) in [5.41, 5.74) is 1.41. The molecule has 0 aromatic heterocycles. The maximum atomic E-state index is 2.16. The third-order valence-corrected chi connectivity index (χ3v) is 1.25. The molecule has 0 saturated heterocycles. The van der Waals surface area contributed by atoms with Crippen molar-refractivity contribution in [3.8, 4) is 0 Å². The molecular formula is C8H12Mg. The Labute approximate surface area is 75.4 Å². The van der Waals surface area contributed by atoms with Crippen molar-refractivity contribution in [2.24, 2.45) is 0 Å². The second-order valence-corrected chi connectivity index (χ2v) is 1.84. The summed E-state index contributed by atoms with van der Waals surface area (Å²) >= 11 is 0. The fourth-order valence-corrected chi connectivity index (χ4v) is 0.714. The molecule has 1 heteroatoms. The van der Waals surface area contributed by atoms with Gasteiger partial charge in [0.2, 0.25) is 0 Å². The molecule has 0 bridgehead atoms. The Morgan fingerprint density at radius 1 is 1.22 bits per heavy atom. The molecule has 0 saturated carbocycles. The predicted octanol–water partition coefficient (Wildman–Crippen LogP) is 2.09. The molecule has 0 radical (unpaired) electrons. The van der Waals surface area contributed by atoms with Crippen molar-refractivity contribution in [2.75, 3.05) is 0 Å². The van der Waals surface area contributed by atoms with Crippen LogP contribution in [0.1, 0.15) is 15.3 Å². The molecule has 0 heterocycles. The van der Waals surface area contributed by atoms with Crippen LogP contribution in [0, 0.1) is 0 Å². The molecule has 0 nitrogen and oxygen atoms in total. The minimum Gasteiger partial charge on any atom is -1.00 e. The van der Waals surface area contributed by atoms with Gasteiger partial charge in [0.05, 0.1) is 0 Å². The summed E-state index contributed by atoms with van der Waals surface area (Å²) in [6, 6.07) is 10.5. The van der Waals surface area contributed by atoms with E-state index in [2.05, 4.69) is 31.2 Å². The van der Waals surface area contributed by atoms with Crippen molar-refractivity contribution in [1.29, 1.82) is 0 Å². The topological polar surface area (TPSA) is 0 Å². The Morgan fingerprint density at radius 2 is 1.78 bits per heavy atom. The van der Waals surface area contributed by atoms with E-state index in [-0.39, 0.29) is 25.9 Å². The van der Waals surface area contributed by atoms with Gasteiger partial charge in [0, 0.05) is 0 Å². The van der Waals surface area contributed by atoms with Crippen molar-refractivity contribution in [1.82, 2.24) is 0 Å². The van der Waals surface area contributed by atoms with Crippen molar-refractivity contribution in [2.45, 2.75) is 13.3 Å². The van der Waals surface area contributed by atoms with Crippen LogP contribution in [-0.4, -0.2) is 23.1 Å². The van der Waals surface area contributed by atoms with Gasteiger partial charge in [0.15, 0.2) is 0 Å². The first-order valence-electron chi connectivity index (χ1n) is 2.97. The zero-order valence-corrected chi connectivity index (χ0v) is 7.22. The third kappa shape index (κ3) is 2.87. The number of hydrogen-bond acceptors (Lipinski definition) is 0. The fourth-order valence-electron chi connectivity index (χ4n) is 0.714. The SMILES string of the molecule is CCc1ccccc1.[H-].[H-].[Mg+2]. The van der Waals surface area contributed by atoms with Crippen molar-refractivity contribution >= 4 is 23.1 Å². The Balaban J connectivity index is -0.000000213. The molecule has 1 aromatic rings. The average Bonchev–Trinajstić information content (AvgIpc) is 1.90. The molecule has 0 aliphatic carbocycles. The van der Waals surface area contributed by atoms with E-state index in [4.69, 9.17) is 0 Å². The van der Waals surface area contributed by atoms with Crippen LogP contribution in [0.5, 0.6) is 0 Å². The second kappa shape index (κ2) is 4.83. The van der Waals surface area contributed by atoms with E-state index in [0.717, 1.165) is 6.42 Å². The van der Waals surface area contributed by atoms with E-state index >= 15 is 0 Å². The van der Waals surface area contributed by atoms with Gasteiger partial charge in [-0.05, 0) is 12.0 Å². The zero-order valence-electron chi connectivity index (χ0n) is 7.80. The molecule has 0 amide bonds. The van der Waals surface area contributed by atoms with Gasteiger partial charge in [-0.2, -0.15) is 0 Å². The first-order chi connectivity index (χ1) is 3.93. The smallest absolute Gasteiger partial charge is 1.00 e. The summed E-state index contributed by atoms with van der Waals surface area (Å²) in [6.07, 6.45) is 1.14. The van der Waals surface area contributed by atoms with Gasteiger partial charge in [-0.3, -0.25) is 0 Å². The predicted molar refractivity (Wildman–Crippen MR) is 43.8 cm³/mol. The quantitative estimate of drug-likeness (QED) is 0.514. The molecule has 9 heavy (non-hydrogen) atoms. The average molecular weight is 132 g/mol. The van der Waals surface area contributed by atoms with Crippen LogP contribution >= 0.6 is 0 Å². The molecule has 0 unspecified atom stereocenters. The van der Waals surface area contributed by atoms with Crippen LogP contribution in [-0.2, 0) is 6.42 Å². The van der Waals surface area contributed by atoms with Gasteiger partial charge in [-0.25, -0.2) is 0 Å². The van der Waals surface area contributed by atoms with Crippen LogP contribution < -0.4 is 0 Å². The van der Waals surface area contributed by atoms with Gasteiger partial charge < -0.3 is 2.85 Å². The molecular weight excluding hydrogens is 120 g/mol. The number of hydrogen-bond donors (Lipinski definition) is 0. The zero-order chi connectivity index (χ0) is 5.82. The molecule has 0 atom stereocenters. The van der Waals surface area contributed by atoms with E-state index in [0.29, 0.717) is 0 Å². The summed E-state index contributed by atoms with van der Waals surface area (Å²) in [5.74, 6) is 0. The van der Waals surface area contributed by atoms with E-state index in [9.17, 15) is 0 Å². The van der Waals surface area contributed by atoms with Gasteiger partial charge in [-0.1, -0.05) is 37.3 Å². The second-order valence-electron chi connectivity index (χ2n) is 1.84. The Bertz CT molecular complexity index is 153. The van der Waals surface area contributed by atoms with Crippen LogP contribution in [0.15, 0.2) is 30.3 Å². The number of rotatable bonds is 1. The monoisotopic (exact) mass is 132 g/mol. The van der Waals surface area contributed by atoms with Crippen LogP contribution in [0.4, 0.5) is 0 Å². The summed E-state index contributed by atoms with van der Waals surface area (Å²) in [7, 11) is 0. The molecule has 0 spiro atoms. The molecule has 0 fully saturated rings.